The van der Waals surface area contributed by atoms with Crippen molar-refractivity contribution in [3.05, 3.63) is 99.0 Å². The molecule has 1 aliphatic heterocycles. The molecular formula is C31H40N6O. The summed E-state index contributed by atoms with van der Waals surface area (Å²) >= 11 is 0. The summed E-state index contributed by atoms with van der Waals surface area (Å²) in [6.07, 6.45) is 5.91. The third kappa shape index (κ3) is 8.06. The Morgan fingerprint density at radius 1 is 1.05 bits per heavy atom. The second-order valence-electron chi connectivity index (χ2n) is 8.38. The van der Waals surface area contributed by atoms with E-state index in [1.54, 1.807) is 0 Å². The van der Waals surface area contributed by atoms with Gasteiger partial charge in [0.1, 0.15) is 23.6 Å². The monoisotopic (exact) mass is 512 g/mol. The third-order valence-electron chi connectivity index (χ3n) is 5.80. The summed E-state index contributed by atoms with van der Waals surface area (Å²) in [6.45, 7) is 22.3. The second kappa shape index (κ2) is 15.7. The van der Waals surface area contributed by atoms with E-state index in [0.29, 0.717) is 11.5 Å². The number of fused-ring (bicyclic) bond motifs is 1. The molecule has 4 aromatic rings. The number of aromatic nitrogens is 4. The van der Waals surface area contributed by atoms with Gasteiger partial charge in [-0.1, -0.05) is 52.1 Å². The molecule has 2 aromatic heterocycles. The molecule has 7 nitrogen and oxygen atoms in total. The third-order valence-corrected chi connectivity index (χ3v) is 5.80. The first-order valence-electron chi connectivity index (χ1n) is 12.9. The number of aromatic amines is 1. The number of piperidine rings is 1. The van der Waals surface area contributed by atoms with Gasteiger partial charge in [0.15, 0.2) is 5.65 Å². The average molecular weight is 513 g/mol. The van der Waals surface area contributed by atoms with Crippen molar-refractivity contribution in [2.75, 3.05) is 18.8 Å². The van der Waals surface area contributed by atoms with Crippen molar-refractivity contribution in [3.8, 4) is 22.8 Å². The molecule has 1 saturated heterocycles. The van der Waals surface area contributed by atoms with E-state index in [2.05, 4.69) is 58.3 Å². The fourth-order valence-corrected chi connectivity index (χ4v) is 3.98. The minimum absolute atomic E-state index is 0.406. The van der Waals surface area contributed by atoms with E-state index in [9.17, 15) is 0 Å². The second-order valence-corrected chi connectivity index (χ2v) is 8.38. The maximum absolute atomic E-state index is 5.94. The maximum atomic E-state index is 5.94. The van der Waals surface area contributed by atoms with Gasteiger partial charge in [-0.2, -0.15) is 5.10 Å². The van der Waals surface area contributed by atoms with Crippen LogP contribution < -0.4 is 10.5 Å². The number of nitrogens with one attached hydrogen (secondary N) is 1. The number of anilines is 1. The normalized spacial score (nSPS) is 14.0. The van der Waals surface area contributed by atoms with Crippen LogP contribution in [0.4, 0.5) is 5.82 Å². The summed E-state index contributed by atoms with van der Waals surface area (Å²) in [5.74, 6) is 2.78. The van der Waals surface area contributed by atoms with Crippen LogP contribution in [0, 0.1) is 5.92 Å². The predicted octanol–water partition coefficient (Wildman–Crippen LogP) is 7.64. The molecule has 0 spiro atoms. The molecule has 1 atom stereocenters. The van der Waals surface area contributed by atoms with Gasteiger partial charge in [-0.15, -0.1) is 13.2 Å². The average Bonchev–Trinajstić information content (AvgIpc) is 3.42. The van der Waals surface area contributed by atoms with E-state index in [4.69, 9.17) is 10.5 Å². The van der Waals surface area contributed by atoms with Crippen molar-refractivity contribution in [1.29, 1.82) is 0 Å². The molecular weight excluding hydrogens is 472 g/mol. The van der Waals surface area contributed by atoms with Gasteiger partial charge in [0.05, 0.1) is 11.1 Å². The Labute approximate surface area is 226 Å². The Balaban J connectivity index is 0.000000286. The van der Waals surface area contributed by atoms with E-state index in [0.717, 1.165) is 52.8 Å². The highest BCUT2D eigenvalue weighted by Gasteiger charge is 2.15. The van der Waals surface area contributed by atoms with Gasteiger partial charge in [-0.05, 0) is 61.2 Å². The lowest BCUT2D eigenvalue weighted by molar-refractivity contribution is 0.236. The standard InChI is InChI=1S/C17H13N5O.C10H17N.C2H6.C2H4/c18-16-14-15(21-22-17(14)20-10-19-16)11-6-8-13(9-7-11)23-12-4-2-1-3-5-12;1-4-10(3)11-7-5-6-9(2)8-11;2*1-2/h1-10H,(H3,18,19,20,21,22);4,9H,1,3,5-8H2,2H3;1-2H3;1-2H2/t;9-;;/m.1../s1. The van der Waals surface area contributed by atoms with E-state index in [-0.39, 0.29) is 0 Å². The van der Waals surface area contributed by atoms with E-state index < -0.39 is 0 Å². The lowest BCUT2D eigenvalue weighted by Gasteiger charge is -2.32. The summed E-state index contributed by atoms with van der Waals surface area (Å²) in [5.41, 5.74) is 9.30. The lowest BCUT2D eigenvalue weighted by atomic mass is 10.00. The predicted molar refractivity (Wildman–Crippen MR) is 160 cm³/mol. The molecule has 0 amide bonds. The molecule has 38 heavy (non-hydrogen) atoms. The Kier molecular flexibility index (Phi) is 12.3. The molecule has 0 radical (unpaired) electrons. The van der Waals surface area contributed by atoms with E-state index in [1.807, 2.05) is 74.5 Å². The van der Waals surface area contributed by atoms with Crippen LogP contribution >= 0.6 is 0 Å². The van der Waals surface area contributed by atoms with Crippen LogP contribution in [-0.2, 0) is 0 Å². The lowest BCUT2D eigenvalue weighted by Crippen LogP contribution is -2.32. The highest BCUT2D eigenvalue weighted by molar-refractivity contribution is 5.97. The summed E-state index contributed by atoms with van der Waals surface area (Å²) in [4.78, 5) is 10.4. The van der Waals surface area contributed by atoms with E-state index >= 15 is 0 Å². The van der Waals surface area contributed by atoms with Crippen molar-refractivity contribution in [2.24, 2.45) is 5.92 Å². The first-order chi connectivity index (χ1) is 18.5. The fraction of sp³-hybridized carbons (Fsp3) is 0.258. The van der Waals surface area contributed by atoms with Crippen molar-refractivity contribution >= 4 is 16.9 Å². The molecule has 200 valence electrons. The Bertz CT molecular complexity index is 1270. The zero-order valence-electron chi connectivity index (χ0n) is 22.9. The van der Waals surface area contributed by atoms with Crippen LogP contribution in [-0.4, -0.2) is 38.2 Å². The van der Waals surface area contributed by atoms with Gasteiger partial charge in [-0.3, -0.25) is 5.10 Å². The van der Waals surface area contributed by atoms with Crippen molar-refractivity contribution in [2.45, 2.75) is 33.6 Å². The van der Waals surface area contributed by atoms with Crippen molar-refractivity contribution in [3.63, 3.8) is 0 Å². The number of ether oxygens (including phenoxy) is 1. The van der Waals surface area contributed by atoms with Gasteiger partial charge < -0.3 is 15.4 Å². The first-order valence-corrected chi connectivity index (χ1v) is 12.9. The number of nitrogens with zero attached hydrogens (tertiary/aromatic N) is 4. The molecule has 0 saturated carbocycles. The van der Waals surface area contributed by atoms with Crippen LogP contribution in [0.1, 0.15) is 33.6 Å². The molecule has 0 aliphatic carbocycles. The number of hydrogen-bond donors (Lipinski definition) is 2. The maximum Gasteiger partial charge on any atom is 0.186 e. The number of para-hydroxylation sites is 1. The summed E-state index contributed by atoms with van der Waals surface area (Å²) in [6, 6.07) is 17.3. The topological polar surface area (TPSA) is 93.0 Å². The number of benzene rings is 2. The number of nitrogen functional groups attached to an aromatic ring is 1. The van der Waals surface area contributed by atoms with Crippen LogP contribution in [0.5, 0.6) is 11.5 Å². The molecule has 2 aromatic carbocycles. The van der Waals surface area contributed by atoms with Crippen LogP contribution in [0.3, 0.4) is 0 Å². The summed E-state index contributed by atoms with van der Waals surface area (Å²) < 4.78 is 5.79. The summed E-state index contributed by atoms with van der Waals surface area (Å²) in [7, 11) is 0. The Hall–Kier alpha value is -4.39. The van der Waals surface area contributed by atoms with Crippen LogP contribution in [0.15, 0.2) is 99.0 Å². The zero-order valence-corrected chi connectivity index (χ0v) is 22.9. The Morgan fingerprint density at radius 2 is 1.71 bits per heavy atom. The number of allylic oxidation sites excluding steroid dienone is 1. The minimum Gasteiger partial charge on any atom is -0.457 e. The first kappa shape index (κ1) is 29.8. The van der Waals surface area contributed by atoms with Gasteiger partial charge >= 0.3 is 0 Å². The zero-order chi connectivity index (χ0) is 27.9. The van der Waals surface area contributed by atoms with Gasteiger partial charge in [0.25, 0.3) is 0 Å². The van der Waals surface area contributed by atoms with Gasteiger partial charge in [-0.25, -0.2) is 9.97 Å². The number of nitrogens with two attached hydrogens (primary N) is 1. The van der Waals surface area contributed by atoms with Crippen molar-refractivity contribution in [1.82, 2.24) is 25.1 Å². The highest BCUT2D eigenvalue weighted by atomic mass is 16.5. The molecule has 0 unspecified atom stereocenters. The van der Waals surface area contributed by atoms with Crippen LogP contribution in [0.25, 0.3) is 22.3 Å². The molecule has 0 bridgehead atoms. The molecule has 7 heteroatoms. The molecule has 3 N–H and O–H groups in total. The van der Waals surface area contributed by atoms with E-state index in [1.165, 1.54) is 19.2 Å². The number of hydrogen-bond acceptors (Lipinski definition) is 6. The quantitative estimate of drug-likeness (QED) is 0.211. The fourth-order valence-electron chi connectivity index (χ4n) is 3.98. The number of likely N-dealkylation sites (tertiary alicyclic amines) is 1. The molecule has 3 heterocycles. The molecule has 1 aliphatic rings. The van der Waals surface area contributed by atoms with Crippen LogP contribution in [0.2, 0.25) is 0 Å². The van der Waals surface area contributed by atoms with Gasteiger partial charge in [0, 0.05) is 24.4 Å². The van der Waals surface area contributed by atoms with Crippen molar-refractivity contribution < 1.29 is 4.74 Å². The largest absolute Gasteiger partial charge is 0.457 e. The number of H-pyrrole nitrogens is 1. The highest BCUT2D eigenvalue weighted by Crippen LogP contribution is 2.30. The van der Waals surface area contributed by atoms with Gasteiger partial charge in [0.2, 0.25) is 0 Å². The Morgan fingerprint density at radius 3 is 2.34 bits per heavy atom. The molecule has 5 rings (SSSR count). The smallest absolute Gasteiger partial charge is 0.186 e. The summed E-state index contributed by atoms with van der Waals surface area (Å²) in [5, 5.41) is 7.85. The number of rotatable bonds is 5. The minimum atomic E-state index is 0.406. The SMILES string of the molecule is C=C.C=CC(=C)N1CCC[C@@H](C)C1.CC.Nc1ncnc2n[nH]c(-c3ccc(Oc4ccccc4)cc3)c12. The molecule has 1 fully saturated rings.